The molecule has 78 valence electrons. The Balaban J connectivity index is 1.99. The van der Waals surface area contributed by atoms with Crippen LogP contribution in [-0.2, 0) is 7.05 Å². The summed E-state index contributed by atoms with van der Waals surface area (Å²) < 4.78 is 2.02. The van der Waals surface area contributed by atoms with Crippen LogP contribution in [0, 0.1) is 5.92 Å². The van der Waals surface area contributed by atoms with Crippen molar-refractivity contribution in [1.29, 1.82) is 0 Å². The lowest BCUT2D eigenvalue weighted by Crippen LogP contribution is -2.42. The average molecular weight is 194 g/mol. The van der Waals surface area contributed by atoms with Crippen LogP contribution in [0.25, 0.3) is 0 Å². The number of nitrogens with one attached hydrogen (secondary N) is 2. The molecule has 0 spiro atoms. The maximum absolute atomic E-state index is 4.28. The first-order valence-electron chi connectivity index (χ1n) is 5.22. The van der Waals surface area contributed by atoms with E-state index >= 15 is 0 Å². The first kappa shape index (κ1) is 9.52. The molecular formula is C10H18N4. The van der Waals surface area contributed by atoms with Crippen LogP contribution >= 0.6 is 0 Å². The van der Waals surface area contributed by atoms with Crippen LogP contribution in [-0.4, -0.2) is 28.7 Å². The number of nitrogens with zero attached hydrogens (tertiary/aromatic N) is 2. The second kappa shape index (κ2) is 4.00. The molecule has 4 nitrogen and oxygen atoms in total. The Bertz CT molecular complexity index is 294. The first-order valence-corrected chi connectivity index (χ1v) is 5.22. The number of rotatable bonds is 2. The van der Waals surface area contributed by atoms with Gasteiger partial charge >= 0.3 is 0 Å². The predicted molar refractivity (Wildman–Crippen MR) is 57.3 cm³/mol. The maximum Gasteiger partial charge on any atom is 0.202 e. The summed E-state index contributed by atoms with van der Waals surface area (Å²) in [6.45, 7) is 4.47. The van der Waals surface area contributed by atoms with E-state index in [4.69, 9.17) is 0 Å². The molecule has 4 heteroatoms. The van der Waals surface area contributed by atoms with Crippen molar-refractivity contribution in [3.63, 3.8) is 0 Å². The van der Waals surface area contributed by atoms with E-state index < -0.39 is 0 Å². The minimum Gasteiger partial charge on any atom is -0.353 e. The molecule has 1 aromatic heterocycles. The number of aromatic nitrogens is 2. The fourth-order valence-electron chi connectivity index (χ4n) is 1.90. The number of hydrogen-bond donors (Lipinski definition) is 2. The van der Waals surface area contributed by atoms with Gasteiger partial charge in [-0.1, -0.05) is 6.92 Å². The van der Waals surface area contributed by atoms with Gasteiger partial charge in [-0.05, 0) is 25.4 Å². The molecule has 1 aromatic rings. The molecule has 1 saturated heterocycles. The lowest BCUT2D eigenvalue weighted by Gasteiger charge is -2.30. The molecule has 14 heavy (non-hydrogen) atoms. The molecule has 0 amide bonds. The van der Waals surface area contributed by atoms with Crippen LogP contribution in [0.1, 0.15) is 13.3 Å². The molecule has 0 radical (unpaired) electrons. The average Bonchev–Trinajstić information content (AvgIpc) is 2.56. The zero-order valence-electron chi connectivity index (χ0n) is 8.83. The van der Waals surface area contributed by atoms with Crippen LogP contribution < -0.4 is 10.6 Å². The van der Waals surface area contributed by atoms with Gasteiger partial charge in [0.05, 0.1) is 0 Å². The van der Waals surface area contributed by atoms with Gasteiger partial charge < -0.3 is 15.2 Å². The van der Waals surface area contributed by atoms with Crippen molar-refractivity contribution in [2.24, 2.45) is 13.0 Å². The minimum absolute atomic E-state index is 0.553. The minimum atomic E-state index is 0.553. The second-order valence-corrected chi connectivity index (χ2v) is 4.08. The fourth-order valence-corrected chi connectivity index (χ4v) is 1.90. The van der Waals surface area contributed by atoms with Crippen molar-refractivity contribution in [1.82, 2.24) is 14.9 Å². The highest BCUT2D eigenvalue weighted by atomic mass is 15.2. The Morgan fingerprint density at radius 3 is 3.14 bits per heavy atom. The molecule has 2 N–H and O–H groups in total. The zero-order valence-corrected chi connectivity index (χ0v) is 8.83. The van der Waals surface area contributed by atoms with Gasteiger partial charge in [-0.2, -0.15) is 0 Å². The monoisotopic (exact) mass is 194 g/mol. The van der Waals surface area contributed by atoms with Crippen molar-refractivity contribution >= 4 is 5.95 Å². The van der Waals surface area contributed by atoms with E-state index in [9.17, 15) is 0 Å². The summed E-state index contributed by atoms with van der Waals surface area (Å²) in [7, 11) is 2.01. The van der Waals surface area contributed by atoms with Gasteiger partial charge in [-0.25, -0.2) is 4.98 Å². The van der Waals surface area contributed by atoms with E-state index in [1.807, 2.05) is 24.0 Å². The summed E-state index contributed by atoms with van der Waals surface area (Å²) in [4.78, 5) is 4.28. The number of aryl methyl sites for hydroxylation is 1. The van der Waals surface area contributed by atoms with E-state index in [1.54, 1.807) is 0 Å². The molecule has 1 fully saturated rings. The largest absolute Gasteiger partial charge is 0.353 e. The second-order valence-electron chi connectivity index (χ2n) is 4.08. The molecule has 2 atom stereocenters. The van der Waals surface area contributed by atoms with Gasteiger partial charge in [-0.3, -0.25) is 0 Å². The van der Waals surface area contributed by atoms with Crippen molar-refractivity contribution in [2.45, 2.75) is 19.4 Å². The van der Waals surface area contributed by atoms with Crippen LogP contribution in [0.2, 0.25) is 0 Å². The number of piperidine rings is 1. The van der Waals surface area contributed by atoms with E-state index in [-0.39, 0.29) is 0 Å². The molecule has 2 unspecified atom stereocenters. The summed E-state index contributed by atoms with van der Waals surface area (Å²) in [5.74, 6) is 1.64. The van der Waals surface area contributed by atoms with E-state index in [0.29, 0.717) is 12.0 Å². The molecule has 0 aliphatic carbocycles. The van der Waals surface area contributed by atoms with Gasteiger partial charge in [0.1, 0.15) is 0 Å². The van der Waals surface area contributed by atoms with E-state index in [1.165, 1.54) is 6.42 Å². The maximum atomic E-state index is 4.28. The molecule has 0 aromatic carbocycles. The lowest BCUT2D eigenvalue weighted by atomic mass is 9.95. The number of imidazole rings is 1. The van der Waals surface area contributed by atoms with Crippen molar-refractivity contribution in [2.75, 3.05) is 18.4 Å². The van der Waals surface area contributed by atoms with Crippen LogP contribution in [0.15, 0.2) is 12.4 Å². The number of anilines is 1. The SMILES string of the molecule is CC1CNCCC1Nc1nccn1C. The Kier molecular flexibility index (Phi) is 2.72. The van der Waals surface area contributed by atoms with Gasteiger partial charge in [0.25, 0.3) is 0 Å². The Morgan fingerprint density at radius 1 is 1.64 bits per heavy atom. The molecule has 2 heterocycles. The van der Waals surface area contributed by atoms with Crippen LogP contribution in [0.4, 0.5) is 5.95 Å². The van der Waals surface area contributed by atoms with Gasteiger partial charge in [-0.15, -0.1) is 0 Å². The number of hydrogen-bond acceptors (Lipinski definition) is 3. The Labute approximate surface area is 84.7 Å². The highest BCUT2D eigenvalue weighted by Crippen LogP contribution is 2.15. The van der Waals surface area contributed by atoms with Gasteiger partial charge in [0.15, 0.2) is 0 Å². The standard InChI is InChI=1S/C10H18N4/c1-8-7-11-4-3-9(8)13-10-12-5-6-14(10)2/h5-6,8-9,11H,3-4,7H2,1-2H3,(H,12,13). The van der Waals surface area contributed by atoms with Crippen molar-refractivity contribution in [3.05, 3.63) is 12.4 Å². The molecule has 0 bridgehead atoms. The third kappa shape index (κ3) is 1.90. The topological polar surface area (TPSA) is 41.9 Å². The van der Waals surface area contributed by atoms with Crippen LogP contribution in [0.5, 0.6) is 0 Å². The first-order chi connectivity index (χ1) is 6.77. The molecule has 0 saturated carbocycles. The Morgan fingerprint density at radius 2 is 2.50 bits per heavy atom. The summed E-state index contributed by atoms with van der Waals surface area (Å²) in [6, 6.07) is 0.553. The summed E-state index contributed by atoms with van der Waals surface area (Å²) in [5.41, 5.74) is 0. The summed E-state index contributed by atoms with van der Waals surface area (Å²) in [6.07, 6.45) is 4.97. The van der Waals surface area contributed by atoms with Crippen molar-refractivity contribution in [3.8, 4) is 0 Å². The Hall–Kier alpha value is -1.03. The third-order valence-corrected chi connectivity index (χ3v) is 2.92. The zero-order chi connectivity index (χ0) is 9.97. The smallest absolute Gasteiger partial charge is 0.202 e. The molecule has 2 rings (SSSR count). The van der Waals surface area contributed by atoms with Gasteiger partial charge in [0.2, 0.25) is 5.95 Å². The van der Waals surface area contributed by atoms with E-state index in [0.717, 1.165) is 19.0 Å². The molecule has 1 aliphatic heterocycles. The van der Waals surface area contributed by atoms with Gasteiger partial charge in [0, 0.05) is 25.5 Å². The quantitative estimate of drug-likeness (QED) is 0.732. The highest BCUT2D eigenvalue weighted by molar-refractivity contribution is 5.27. The highest BCUT2D eigenvalue weighted by Gasteiger charge is 2.21. The summed E-state index contributed by atoms with van der Waals surface area (Å²) >= 11 is 0. The summed E-state index contributed by atoms with van der Waals surface area (Å²) in [5, 5.41) is 6.88. The van der Waals surface area contributed by atoms with E-state index in [2.05, 4.69) is 22.5 Å². The predicted octanol–water partition coefficient (Wildman–Crippen LogP) is 0.830. The molecule has 1 aliphatic rings. The van der Waals surface area contributed by atoms with Crippen LogP contribution in [0.3, 0.4) is 0 Å². The normalized spacial score (nSPS) is 27.6. The fraction of sp³-hybridized carbons (Fsp3) is 0.700. The molecular weight excluding hydrogens is 176 g/mol. The lowest BCUT2D eigenvalue weighted by molar-refractivity contribution is 0.366. The third-order valence-electron chi connectivity index (χ3n) is 2.92. The van der Waals surface area contributed by atoms with Crippen molar-refractivity contribution < 1.29 is 0 Å².